The van der Waals surface area contributed by atoms with E-state index in [9.17, 15) is 4.79 Å². The first-order valence-corrected chi connectivity index (χ1v) is 8.91. The summed E-state index contributed by atoms with van der Waals surface area (Å²) < 4.78 is 16.7. The van der Waals surface area contributed by atoms with Crippen LogP contribution < -0.4 is 4.74 Å². The molecular weight excluding hydrogens is 374 g/mol. The van der Waals surface area contributed by atoms with Crippen molar-refractivity contribution in [2.24, 2.45) is 0 Å². The van der Waals surface area contributed by atoms with E-state index in [1.54, 1.807) is 6.07 Å². The van der Waals surface area contributed by atoms with Gasteiger partial charge in [-0.05, 0) is 23.3 Å². The first-order valence-electron chi connectivity index (χ1n) is 7.71. The SMILES string of the molecule is COC=C(C(=O)OC)c1ccccc1COc1nc2c(Cl)cccc2s1. The number of fused-ring (bicyclic) bond motifs is 1. The fourth-order valence-electron chi connectivity index (χ4n) is 2.45. The van der Waals surface area contributed by atoms with Crippen molar-refractivity contribution in [2.45, 2.75) is 6.61 Å². The van der Waals surface area contributed by atoms with Crippen molar-refractivity contribution in [3.63, 3.8) is 0 Å². The molecule has 0 atom stereocenters. The van der Waals surface area contributed by atoms with Crippen molar-refractivity contribution >= 4 is 44.7 Å². The van der Waals surface area contributed by atoms with Crippen molar-refractivity contribution < 1.29 is 19.0 Å². The van der Waals surface area contributed by atoms with E-state index in [1.165, 1.54) is 31.8 Å². The third-order valence-electron chi connectivity index (χ3n) is 3.65. The number of hydrogen-bond donors (Lipinski definition) is 0. The van der Waals surface area contributed by atoms with E-state index in [-0.39, 0.29) is 6.61 Å². The van der Waals surface area contributed by atoms with Crippen LogP contribution in [0.25, 0.3) is 15.8 Å². The van der Waals surface area contributed by atoms with Crippen molar-refractivity contribution in [1.29, 1.82) is 0 Å². The molecule has 0 aliphatic rings. The Morgan fingerprint density at radius 1 is 1.19 bits per heavy atom. The first kappa shape index (κ1) is 18.2. The van der Waals surface area contributed by atoms with Crippen molar-refractivity contribution in [1.82, 2.24) is 4.98 Å². The predicted octanol–water partition coefficient (Wildman–Crippen LogP) is 4.69. The molecule has 0 amide bonds. The van der Waals surface area contributed by atoms with Gasteiger partial charge in [-0.15, -0.1) is 0 Å². The van der Waals surface area contributed by atoms with Gasteiger partial charge in [-0.2, -0.15) is 0 Å². The van der Waals surface area contributed by atoms with Gasteiger partial charge in [-0.1, -0.05) is 53.3 Å². The Morgan fingerprint density at radius 2 is 2.00 bits per heavy atom. The molecule has 1 aromatic heterocycles. The molecule has 0 fully saturated rings. The number of para-hydroxylation sites is 1. The quantitative estimate of drug-likeness (QED) is 0.348. The molecule has 134 valence electrons. The molecule has 3 aromatic rings. The molecule has 1 heterocycles. The monoisotopic (exact) mass is 389 g/mol. The topological polar surface area (TPSA) is 57.7 Å². The molecule has 7 heteroatoms. The second-order valence-corrected chi connectivity index (χ2v) is 6.67. The minimum atomic E-state index is -0.480. The molecule has 0 radical (unpaired) electrons. The molecule has 26 heavy (non-hydrogen) atoms. The van der Waals surface area contributed by atoms with Crippen molar-refractivity contribution in [3.8, 4) is 5.19 Å². The van der Waals surface area contributed by atoms with Gasteiger partial charge in [0.15, 0.2) is 0 Å². The van der Waals surface area contributed by atoms with Crippen LogP contribution in [-0.4, -0.2) is 25.2 Å². The number of methoxy groups -OCH3 is 2. The summed E-state index contributed by atoms with van der Waals surface area (Å²) in [5.41, 5.74) is 2.53. The number of benzene rings is 2. The average molecular weight is 390 g/mol. The summed E-state index contributed by atoms with van der Waals surface area (Å²) >= 11 is 7.57. The van der Waals surface area contributed by atoms with Crippen LogP contribution in [0.3, 0.4) is 0 Å². The Kier molecular flexibility index (Phi) is 5.75. The number of aromatic nitrogens is 1. The highest BCUT2D eigenvalue weighted by Crippen LogP contribution is 2.32. The van der Waals surface area contributed by atoms with Crippen LogP contribution in [0.1, 0.15) is 11.1 Å². The predicted molar refractivity (Wildman–Crippen MR) is 102 cm³/mol. The molecule has 0 bridgehead atoms. The number of ether oxygens (including phenoxy) is 3. The third kappa shape index (κ3) is 3.81. The van der Waals surface area contributed by atoms with Crippen molar-refractivity contribution in [2.75, 3.05) is 14.2 Å². The number of rotatable bonds is 6. The van der Waals surface area contributed by atoms with Crippen LogP contribution in [0.15, 0.2) is 48.7 Å². The lowest BCUT2D eigenvalue weighted by Gasteiger charge is -2.11. The summed E-state index contributed by atoms with van der Waals surface area (Å²) in [7, 11) is 2.81. The molecule has 0 spiro atoms. The molecule has 3 rings (SSSR count). The van der Waals surface area contributed by atoms with Crippen LogP contribution in [0, 0.1) is 0 Å². The zero-order chi connectivity index (χ0) is 18.5. The Bertz CT molecular complexity index is 967. The van der Waals surface area contributed by atoms with Gasteiger partial charge in [0.25, 0.3) is 5.19 Å². The number of hydrogen-bond acceptors (Lipinski definition) is 6. The lowest BCUT2D eigenvalue weighted by molar-refractivity contribution is -0.133. The van der Waals surface area contributed by atoms with E-state index >= 15 is 0 Å². The highest BCUT2D eigenvalue weighted by atomic mass is 35.5. The van der Waals surface area contributed by atoms with Crippen LogP contribution in [0.5, 0.6) is 5.19 Å². The standard InChI is InChI=1S/C19H16ClNO4S/c1-23-11-14(18(22)24-2)13-7-4-3-6-12(13)10-25-19-21-17-15(20)8-5-9-16(17)26-19/h3-9,11H,10H2,1-2H3. The number of halogens is 1. The second kappa shape index (κ2) is 8.21. The van der Waals surface area contributed by atoms with Gasteiger partial charge in [0.05, 0.1) is 30.2 Å². The van der Waals surface area contributed by atoms with Crippen molar-refractivity contribution in [3.05, 3.63) is 64.9 Å². The molecule has 0 saturated carbocycles. The van der Waals surface area contributed by atoms with E-state index in [0.29, 0.717) is 21.4 Å². The van der Waals surface area contributed by atoms with Gasteiger partial charge in [0.2, 0.25) is 0 Å². The maximum Gasteiger partial charge on any atom is 0.341 e. The lowest BCUT2D eigenvalue weighted by Crippen LogP contribution is -2.08. The largest absolute Gasteiger partial charge is 0.503 e. The fourth-order valence-corrected chi connectivity index (χ4v) is 3.57. The normalized spacial score (nSPS) is 11.4. The Morgan fingerprint density at radius 3 is 2.73 bits per heavy atom. The Labute approximate surface area is 159 Å². The minimum Gasteiger partial charge on any atom is -0.503 e. The number of carbonyl (C=O) groups excluding carboxylic acids is 1. The van der Waals surface area contributed by atoms with E-state index in [4.69, 9.17) is 25.8 Å². The number of esters is 1. The number of carbonyl (C=O) groups is 1. The molecule has 0 unspecified atom stereocenters. The van der Waals surface area contributed by atoms with Crippen LogP contribution in [0.2, 0.25) is 5.02 Å². The molecule has 5 nitrogen and oxygen atoms in total. The summed E-state index contributed by atoms with van der Waals surface area (Å²) in [5, 5.41) is 1.10. The zero-order valence-electron chi connectivity index (χ0n) is 14.2. The summed E-state index contributed by atoms with van der Waals surface area (Å²) in [5.74, 6) is -0.480. The third-order valence-corrected chi connectivity index (χ3v) is 4.89. The van der Waals surface area contributed by atoms with E-state index in [1.807, 2.05) is 36.4 Å². The fraction of sp³-hybridized carbons (Fsp3) is 0.158. The van der Waals surface area contributed by atoms with Gasteiger partial charge in [0, 0.05) is 0 Å². The summed E-state index contributed by atoms with van der Waals surface area (Å²) in [6.07, 6.45) is 1.36. The first-order chi connectivity index (χ1) is 12.6. The maximum absolute atomic E-state index is 12.0. The highest BCUT2D eigenvalue weighted by Gasteiger charge is 2.17. The summed E-state index contributed by atoms with van der Waals surface area (Å²) in [6.45, 7) is 0.242. The molecule has 0 aliphatic carbocycles. The van der Waals surface area contributed by atoms with Gasteiger partial charge in [-0.25, -0.2) is 9.78 Å². The summed E-state index contributed by atoms with van der Waals surface area (Å²) in [6, 6.07) is 13.0. The molecule has 0 N–H and O–H groups in total. The molecule has 0 aliphatic heterocycles. The molecule has 0 saturated heterocycles. The lowest BCUT2D eigenvalue weighted by atomic mass is 10.0. The van der Waals surface area contributed by atoms with Crippen LogP contribution in [0.4, 0.5) is 0 Å². The second-order valence-electron chi connectivity index (χ2n) is 5.27. The molecule has 2 aromatic carbocycles. The van der Waals surface area contributed by atoms with Gasteiger partial charge < -0.3 is 14.2 Å². The average Bonchev–Trinajstić information content (AvgIpc) is 3.09. The van der Waals surface area contributed by atoms with Gasteiger partial charge in [0.1, 0.15) is 17.7 Å². The molecular formula is C19H16ClNO4S. The zero-order valence-corrected chi connectivity index (χ0v) is 15.8. The van der Waals surface area contributed by atoms with E-state index in [0.717, 1.165) is 15.8 Å². The number of nitrogens with zero attached hydrogens (tertiary/aromatic N) is 1. The minimum absolute atomic E-state index is 0.242. The Hall–Kier alpha value is -2.57. The van der Waals surface area contributed by atoms with E-state index < -0.39 is 5.97 Å². The van der Waals surface area contributed by atoms with Gasteiger partial charge >= 0.3 is 5.97 Å². The van der Waals surface area contributed by atoms with Crippen LogP contribution in [-0.2, 0) is 20.9 Å². The van der Waals surface area contributed by atoms with Crippen LogP contribution >= 0.6 is 22.9 Å². The van der Waals surface area contributed by atoms with E-state index in [2.05, 4.69) is 4.98 Å². The maximum atomic E-state index is 12.0. The number of thiazole rings is 1. The summed E-state index contributed by atoms with van der Waals surface area (Å²) in [4.78, 5) is 16.5. The smallest absolute Gasteiger partial charge is 0.341 e. The Balaban J connectivity index is 1.87. The van der Waals surface area contributed by atoms with Gasteiger partial charge in [-0.3, -0.25) is 0 Å². The highest BCUT2D eigenvalue weighted by molar-refractivity contribution is 7.20.